The van der Waals surface area contributed by atoms with Gasteiger partial charge in [0, 0.05) is 49.6 Å². The second kappa shape index (κ2) is 6.04. The first-order chi connectivity index (χ1) is 9.80. The summed E-state index contributed by atoms with van der Waals surface area (Å²) in [7, 11) is 0. The van der Waals surface area contributed by atoms with E-state index in [1.54, 1.807) is 0 Å². The monoisotopic (exact) mass is 273 g/mol. The van der Waals surface area contributed by atoms with E-state index in [2.05, 4.69) is 53.2 Å². The molecule has 3 heteroatoms. The Morgan fingerprint density at radius 3 is 2.35 bits per heavy atom. The van der Waals surface area contributed by atoms with E-state index >= 15 is 0 Å². The molecule has 1 aromatic carbocycles. The van der Waals surface area contributed by atoms with Crippen molar-refractivity contribution >= 4 is 11.4 Å². The van der Waals surface area contributed by atoms with Gasteiger partial charge in [0.05, 0.1) is 0 Å². The molecule has 1 N–H and O–H groups in total. The Morgan fingerprint density at radius 1 is 1.05 bits per heavy atom. The van der Waals surface area contributed by atoms with Gasteiger partial charge in [0.1, 0.15) is 0 Å². The average molecular weight is 273 g/mol. The number of nitrogens with one attached hydrogen (secondary N) is 1. The van der Waals surface area contributed by atoms with Crippen molar-refractivity contribution in [2.75, 3.05) is 36.0 Å². The lowest BCUT2D eigenvalue weighted by molar-refractivity contribution is 0.548. The lowest BCUT2D eigenvalue weighted by Gasteiger charge is -2.23. The Labute approximate surface area is 123 Å². The number of benzene rings is 1. The molecule has 0 radical (unpaired) electrons. The molecule has 2 aliphatic rings. The molecule has 110 valence electrons. The number of hydrogen-bond acceptors (Lipinski definition) is 3. The fourth-order valence-corrected chi connectivity index (χ4v) is 3.18. The quantitative estimate of drug-likeness (QED) is 0.860. The maximum absolute atomic E-state index is 3.75. The molecule has 3 nitrogen and oxygen atoms in total. The molecule has 0 amide bonds. The largest absolute Gasteiger partial charge is 0.372 e. The number of hydrogen-bond donors (Lipinski definition) is 1. The van der Waals surface area contributed by atoms with Crippen LogP contribution in [0.5, 0.6) is 0 Å². The maximum Gasteiger partial charge on any atom is 0.0368 e. The van der Waals surface area contributed by atoms with Gasteiger partial charge in [-0.2, -0.15) is 0 Å². The van der Waals surface area contributed by atoms with E-state index in [-0.39, 0.29) is 0 Å². The van der Waals surface area contributed by atoms with Crippen molar-refractivity contribution in [3.8, 4) is 0 Å². The summed E-state index contributed by atoms with van der Waals surface area (Å²) < 4.78 is 0. The summed E-state index contributed by atoms with van der Waals surface area (Å²) in [6.45, 7) is 8.94. The van der Waals surface area contributed by atoms with Crippen LogP contribution in [0.2, 0.25) is 0 Å². The van der Waals surface area contributed by atoms with Crippen LogP contribution in [-0.2, 0) is 0 Å². The highest BCUT2D eigenvalue weighted by Gasteiger charge is 2.29. The second-order valence-electron chi connectivity index (χ2n) is 6.06. The first kappa shape index (κ1) is 13.7. The molecule has 0 spiro atoms. The van der Waals surface area contributed by atoms with Crippen LogP contribution in [0.25, 0.3) is 0 Å². The van der Waals surface area contributed by atoms with Crippen LogP contribution in [0.3, 0.4) is 0 Å². The minimum atomic E-state index is 0.699. The fraction of sp³-hybridized carbons (Fsp3) is 0.647. The lowest BCUT2D eigenvalue weighted by Crippen LogP contribution is -2.33. The molecule has 1 aromatic rings. The van der Waals surface area contributed by atoms with Crippen LogP contribution in [0.4, 0.5) is 11.4 Å². The Balaban J connectivity index is 1.59. The smallest absolute Gasteiger partial charge is 0.0368 e. The predicted molar refractivity (Wildman–Crippen MR) is 86.8 cm³/mol. The molecule has 0 bridgehead atoms. The second-order valence-corrected chi connectivity index (χ2v) is 6.06. The molecular weight excluding hydrogens is 246 g/mol. The molecule has 1 atom stereocenters. The van der Waals surface area contributed by atoms with Gasteiger partial charge in [-0.3, -0.25) is 0 Å². The topological polar surface area (TPSA) is 18.5 Å². The van der Waals surface area contributed by atoms with Crippen LogP contribution >= 0.6 is 0 Å². The number of nitrogens with zero attached hydrogens (tertiary/aromatic N) is 2. The lowest BCUT2D eigenvalue weighted by atomic mass is 10.2. The molecule has 2 fully saturated rings. The van der Waals surface area contributed by atoms with Crippen LogP contribution in [-0.4, -0.2) is 38.3 Å². The van der Waals surface area contributed by atoms with Gasteiger partial charge in [-0.1, -0.05) is 0 Å². The van der Waals surface area contributed by atoms with Crippen molar-refractivity contribution in [1.82, 2.24) is 5.32 Å². The maximum atomic E-state index is 3.75. The third kappa shape index (κ3) is 3.09. The molecule has 20 heavy (non-hydrogen) atoms. The zero-order valence-electron chi connectivity index (χ0n) is 12.8. The minimum Gasteiger partial charge on any atom is -0.372 e. The number of anilines is 2. The Bertz CT molecular complexity index is 420. The summed E-state index contributed by atoms with van der Waals surface area (Å²) in [6.07, 6.45) is 4.05. The van der Waals surface area contributed by atoms with Crippen LogP contribution in [0.15, 0.2) is 24.3 Å². The highest BCUT2D eigenvalue weighted by Crippen LogP contribution is 2.26. The van der Waals surface area contributed by atoms with Gasteiger partial charge in [0.25, 0.3) is 0 Å². The Morgan fingerprint density at radius 2 is 1.75 bits per heavy atom. The van der Waals surface area contributed by atoms with Crippen molar-refractivity contribution < 1.29 is 0 Å². The first-order valence-electron chi connectivity index (χ1n) is 8.16. The fourth-order valence-electron chi connectivity index (χ4n) is 3.18. The summed E-state index contributed by atoms with van der Waals surface area (Å²) in [5.74, 6) is 0. The summed E-state index contributed by atoms with van der Waals surface area (Å²) in [6, 6.07) is 10.6. The van der Waals surface area contributed by atoms with Crippen LogP contribution in [0, 0.1) is 0 Å². The molecule has 1 unspecified atom stereocenters. The summed E-state index contributed by atoms with van der Waals surface area (Å²) >= 11 is 0. The van der Waals surface area contributed by atoms with Gasteiger partial charge < -0.3 is 15.1 Å². The Hall–Kier alpha value is -1.22. The zero-order chi connectivity index (χ0) is 13.9. The van der Waals surface area contributed by atoms with Crippen molar-refractivity contribution in [3.05, 3.63) is 24.3 Å². The predicted octanol–water partition coefficient (Wildman–Crippen LogP) is 2.86. The first-order valence-corrected chi connectivity index (χ1v) is 8.16. The van der Waals surface area contributed by atoms with Crippen molar-refractivity contribution in [2.24, 2.45) is 0 Å². The van der Waals surface area contributed by atoms with E-state index in [0.29, 0.717) is 6.04 Å². The highest BCUT2D eigenvalue weighted by atomic mass is 15.2. The van der Waals surface area contributed by atoms with E-state index < -0.39 is 0 Å². The molecule has 0 aromatic heterocycles. The van der Waals surface area contributed by atoms with Gasteiger partial charge in [-0.05, 0) is 57.4 Å². The molecule has 1 aliphatic heterocycles. The van der Waals surface area contributed by atoms with Crippen LogP contribution < -0.4 is 15.1 Å². The van der Waals surface area contributed by atoms with Crippen LogP contribution in [0.1, 0.15) is 33.1 Å². The zero-order valence-corrected chi connectivity index (χ0v) is 12.8. The highest BCUT2D eigenvalue weighted by molar-refractivity contribution is 5.56. The van der Waals surface area contributed by atoms with E-state index in [9.17, 15) is 0 Å². The molecule has 1 saturated heterocycles. The standard InChI is InChI=1S/C17H27N3/c1-3-19(4-2)16-7-9-17(10-8-16)20-12-11-15(13-20)18-14-5-6-14/h7-10,14-15,18H,3-6,11-13H2,1-2H3. The van der Waals surface area contributed by atoms with Gasteiger partial charge in [-0.25, -0.2) is 0 Å². The Kier molecular flexibility index (Phi) is 4.16. The van der Waals surface area contributed by atoms with E-state index in [0.717, 1.165) is 19.1 Å². The van der Waals surface area contributed by atoms with Gasteiger partial charge in [-0.15, -0.1) is 0 Å². The van der Waals surface area contributed by atoms with Gasteiger partial charge >= 0.3 is 0 Å². The van der Waals surface area contributed by atoms with E-state index in [4.69, 9.17) is 0 Å². The number of rotatable bonds is 6. The normalized spacial score (nSPS) is 22.3. The van der Waals surface area contributed by atoms with Gasteiger partial charge in [0.2, 0.25) is 0 Å². The van der Waals surface area contributed by atoms with Crippen molar-refractivity contribution in [2.45, 2.75) is 45.2 Å². The van der Waals surface area contributed by atoms with E-state index in [1.165, 1.54) is 43.7 Å². The minimum absolute atomic E-state index is 0.699. The third-order valence-electron chi connectivity index (χ3n) is 4.58. The summed E-state index contributed by atoms with van der Waals surface area (Å²) in [4.78, 5) is 4.91. The average Bonchev–Trinajstić information content (AvgIpc) is 3.17. The molecule has 3 rings (SSSR count). The summed E-state index contributed by atoms with van der Waals surface area (Å²) in [5, 5.41) is 3.75. The van der Waals surface area contributed by atoms with Crippen molar-refractivity contribution in [1.29, 1.82) is 0 Å². The van der Waals surface area contributed by atoms with E-state index in [1.807, 2.05) is 0 Å². The molecule has 1 saturated carbocycles. The molecular formula is C17H27N3. The van der Waals surface area contributed by atoms with Crippen molar-refractivity contribution in [3.63, 3.8) is 0 Å². The SMILES string of the molecule is CCN(CC)c1ccc(N2CCC(NC3CC3)C2)cc1. The van der Waals surface area contributed by atoms with Gasteiger partial charge in [0.15, 0.2) is 0 Å². The molecule has 1 heterocycles. The third-order valence-corrected chi connectivity index (χ3v) is 4.58. The summed E-state index contributed by atoms with van der Waals surface area (Å²) in [5.41, 5.74) is 2.71. The molecule has 1 aliphatic carbocycles.